The van der Waals surface area contributed by atoms with Gasteiger partial charge in [-0.05, 0) is 45.4 Å². The number of nitrogens with zero attached hydrogens (tertiary/aromatic N) is 2. The summed E-state index contributed by atoms with van der Waals surface area (Å²) >= 11 is 9.96. The van der Waals surface area contributed by atoms with Crippen LogP contribution in [0.25, 0.3) is 0 Å². The largest absolute Gasteiger partial charge is 0.492 e. The highest BCUT2D eigenvalue weighted by molar-refractivity contribution is 9.10. The minimum absolute atomic E-state index is 0.0130. The second kappa shape index (κ2) is 11.7. The van der Waals surface area contributed by atoms with E-state index in [9.17, 15) is 9.59 Å². The van der Waals surface area contributed by atoms with E-state index >= 15 is 0 Å². The lowest BCUT2D eigenvalue weighted by Gasteiger charge is -2.39. The van der Waals surface area contributed by atoms with E-state index in [4.69, 9.17) is 25.8 Å². The molecule has 0 saturated heterocycles. The summed E-state index contributed by atoms with van der Waals surface area (Å²) in [6, 6.07) is 5.07. The van der Waals surface area contributed by atoms with Crippen molar-refractivity contribution in [3.05, 3.63) is 61.4 Å². The minimum atomic E-state index is -0.639. The molecule has 0 atom stereocenters. The van der Waals surface area contributed by atoms with Crippen molar-refractivity contribution in [2.75, 3.05) is 31.9 Å². The first-order valence-corrected chi connectivity index (χ1v) is 11.5. The molecule has 0 aliphatic heterocycles. The number of methoxy groups -OCH3 is 1. The van der Waals surface area contributed by atoms with E-state index in [-0.39, 0.29) is 23.1 Å². The van der Waals surface area contributed by atoms with Gasteiger partial charge in [0.25, 0.3) is 0 Å². The average Bonchev–Trinajstić information content (AvgIpc) is 2.71. The van der Waals surface area contributed by atoms with Crippen LogP contribution in [0.5, 0.6) is 5.75 Å². The maximum atomic E-state index is 12.2. The molecule has 0 radical (unpaired) electrons. The molecule has 0 bridgehead atoms. The molecule has 0 fully saturated rings. The first-order chi connectivity index (χ1) is 15.1. The number of pyridine rings is 1. The van der Waals surface area contributed by atoms with Crippen LogP contribution in [0.2, 0.25) is 5.02 Å². The van der Waals surface area contributed by atoms with Crippen molar-refractivity contribution >= 4 is 33.5 Å². The quantitative estimate of drug-likeness (QED) is 0.325. The van der Waals surface area contributed by atoms with Crippen molar-refractivity contribution in [1.29, 1.82) is 0 Å². The van der Waals surface area contributed by atoms with Gasteiger partial charge in [0, 0.05) is 48.6 Å². The standard InChI is InChI=1S/C23H30BrClN2O5/c1-6-31-22(29)17-15-26(9-8-20(17)28)27(23(2,3)4)14-16-12-21(19(25)13-18(16)24)32-11-7-10-30-5/h8-9,12-13,15H,6-7,10-11,14H2,1-5H3. The maximum absolute atomic E-state index is 12.2. The molecule has 176 valence electrons. The second-order valence-corrected chi connectivity index (χ2v) is 9.38. The molecule has 32 heavy (non-hydrogen) atoms. The Hall–Kier alpha value is -2.03. The molecular weight excluding hydrogens is 500 g/mol. The van der Waals surface area contributed by atoms with E-state index in [0.717, 1.165) is 16.5 Å². The Labute approximate surface area is 202 Å². The summed E-state index contributed by atoms with van der Waals surface area (Å²) in [5.74, 6) is -0.0536. The number of rotatable bonds is 10. The Morgan fingerprint density at radius 3 is 2.59 bits per heavy atom. The van der Waals surface area contributed by atoms with Crippen LogP contribution in [-0.2, 0) is 16.0 Å². The van der Waals surface area contributed by atoms with Gasteiger partial charge in [-0.2, -0.15) is 0 Å². The van der Waals surface area contributed by atoms with Crippen molar-refractivity contribution in [1.82, 2.24) is 4.68 Å². The van der Waals surface area contributed by atoms with Gasteiger partial charge >= 0.3 is 5.97 Å². The lowest BCUT2D eigenvalue weighted by Crippen LogP contribution is -2.49. The van der Waals surface area contributed by atoms with Crippen LogP contribution in [0, 0.1) is 0 Å². The second-order valence-electron chi connectivity index (χ2n) is 8.12. The van der Waals surface area contributed by atoms with Crippen LogP contribution < -0.4 is 15.2 Å². The van der Waals surface area contributed by atoms with Gasteiger partial charge in [-0.15, -0.1) is 0 Å². The third-order valence-electron chi connectivity index (χ3n) is 4.63. The van der Waals surface area contributed by atoms with Crippen molar-refractivity contribution in [2.45, 2.75) is 46.2 Å². The van der Waals surface area contributed by atoms with Gasteiger partial charge in [-0.25, -0.2) is 4.79 Å². The number of hydrogen-bond acceptors (Lipinski definition) is 6. The van der Waals surface area contributed by atoms with Crippen LogP contribution in [0.3, 0.4) is 0 Å². The lowest BCUT2D eigenvalue weighted by atomic mass is 10.1. The lowest BCUT2D eigenvalue weighted by molar-refractivity contribution is 0.0523. The number of ether oxygens (including phenoxy) is 3. The molecular formula is C23H30BrClN2O5. The highest BCUT2D eigenvalue weighted by Crippen LogP contribution is 2.33. The molecule has 1 aromatic carbocycles. The molecule has 0 saturated carbocycles. The van der Waals surface area contributed by atoms with Crippen LogP contribution in [0.4, 0.5) is 0 Å². The number of carbonyl (C=O) groups excluding carboxylic acids is 1. The van der Waals surface area contributed by atoms with Crippen molar-refractivity contribution in [2.24, 2.45) is 0 Å². The maximum Gasteiger partial charge on any atom is 0.343 e. The highest BCUT2D eigenvalue weighted by atomic mass is 79.9. The summed E-state index contributed by atoms with van der Waals surface area (Å²) in [5, 5.41) is 2.53. The molecule has 0 unspecified atom stereocenters. The number of esters is 1. The summed E-state index contributed by atoms with van der Waals surface area (Å²) in [7, 11) is 1.65. The summed E-state index contributed by atoms with van der Waals surface area (Å²) in [6.07, 6.45) is 3.90. The van der Waals surface area contributed by atoms with Gasteiger partial charge in [0.2, 0.25) is 0 Å². The number of benzene rings is 1. The highest BCUT2D eigenvalue weighted by Gasteiger charge is 2.24. The van der Waals surface area contributed by atoms with Crippen molar-refractivity contribution in [3.63, 3.8) is 0 Å². The fourth-order valence-corrected chi connectivity index (χ4v) is 3.82. The molecule has 0 spiro atoms. The zero-order valence-corrected chi connectivity index (χ0v) is 21.5. The van der Waals surface area contributed by atoms with Gasteiger partial charge in [0.15, 0.2) is 5.43 Å². The number of halogens is 2. The smallest absolute Gasteiger partial charge is 0.343 e. The molecule has 0 aliphatic rings. The van der Waals surface area contributed by atoms with E-state index < -0.39 is 5.97 Å². The van der Waals surface area contributed by atoms with E-state index in [1.807, 2.05) is 31.8 Å². The average molecular weight is 530 g/mol. The topological polar surface area (TPSA) is 70.0 Å². The zero-order valence-electron chi connectivity index (χ0n) is 19.1. The van der Waals surface area contributed by atoms with Crippen LogP contribution in [0.1, 0.15) is 50.0 Å². The SMILES string of the molecule is CCOC(=O)c1cn(N(Cc2cc(OCCCOC)c(Cl)cc2Br)C(C)(C)C)ccc1=O. The van der Waals surface area contributed by atoms with Gasteiger partial charge < -0.3 is 19.2 Å². The molecule has 1 heterocycles. The van der Waals surface area contributed by atoms with Crippen LogP contribution in [-0.4, -0.2) is 43.1 Å². The fourth-order valence-electron chi connectivity index (χ4n) is 3.00. The molecule has 0 aliphatic carbocycles. The van der Waals surface area contributed by atoms with Gasteiger partial charge in [-0.1, -0.05) is 27.5 Å². The predicted molar refractivity (Wildman–Crippen MR) is 129 cm³/mol. The van der Waals surface area contributed by atoms with E-state index in [1.165, 1.54) is 12.3 Å². The molecule has 2 aromatic rings. The van der Waals surface area contributed by atoms with Gasteiger partial charge in [0.05, 0.1) is 24.8 Å². The summed E-state index contributed by atoms with van der Waals surface area (Å²) in [6.45, 7) is 9.58. The van der Waals surface area contributed by atoms with Crippen LogP contribution in [0.15, 0.2) is 39.9 Å². The zero-order chi connectivity index (χ0) is 23.9. The number of hydrogen-bond donors (Lipinski definition) is 0. The Balaban J connectivity index is 2.39. The number of aromatic nitrogens is 1. The third-order valence-corrected chi connectivity index (χ3v) is 5.66. The van der Waals surface area contributed by atoms with Crippen molar-refractivity contribution in [3.8, 4) is 5.75 Å². The van der Waals surface area contributed by atoms with Crippen LogP contribution >= 0.6 is 27.5 Å². The Morgan fingerprint density at radius 1 is 1.25 bits per heavy atom. The fraction of sp³-hybridized carbons (Fsp3) is 0.478. The minimum Gasteiger partial charge on any atom is -0.492 e. The summed E-state index contributed by atoms with van der Waals surface area (Å²) < 4.78 is 18.5. The van der Waals surface area contributed by atoms with Gasteiger partial charge in [-0.3, -0.25) is 9.47 Å². The van der Waals surface area contributed by atoms with E-state index in [1.54, 1.807) is 31.0 Å². The van der Waals surface area contributed by atoms with E-state index in [0.29, 0.717) is 30.5 Å². The molecule has 0 N–H and O–H groups in total. The third kappa shape index (κ3) is 6.98. The van der Waals surface area contributed by atoms with Gasteiger partial charge in [0.1, 0.15) is 11.3 Å². The molecule has 7 nitrogen and oxygen atoms in total. The monoisotopic (exact) mass is 528 g/mol. The summed E-state index contributed by atoms with van der Waals surface area (Å²) in [5.41, 5.74) is 0.191. The Morgan fingerprint density at radius 2 is 1.97 bits per heavy atom. The molecule has 1 aromatic heterocycles. The first-order valence-electron chi connectivity index (χ1n) is 10.4. The number of carbonyl (C=O) groups is 1. The van der Waals surface area contributed by atoms with E-state index in [2.05, 4.69) is 15.9 Å². The normalized spacial score (nSPS) is 11.3. The molecule has 9 heteroatoms. The summed E-state index contributed by atoms with van der Waals surface area (Å²) in [4.78, 5) is 24.5. The first kappa shape index (κ1) is 26.2. The molecule has 0 amide bonds. The Kier molecular flexibility index (Phi) is 9.61. The molecule has 2 rings (SSSR count). The predicted octanol–water partition coefficient (Wildman–Crippen LogP) is 4.79. The van der Waals surface area contributed by atoms with Crippen molar-refractivity contribution < 1.29 is 19.0 Å². The Bertz CT molecular complexity index is 987.